The number of hydroxylamine groups is 1. The van der Waals surface area contributed by atoms with E-state index in [4.69, 9.17) is 9.98 Å². The number of phenols is 1. The Kier molecular flexibility index (Phi) is 5.09. The van der Waals surface area contributed by atoms with Crippen LogP contribution in [0.4, 0.5) is 5.69 Å². The van der Waals surface area contributed by atoms with E-state index in [0.717, 1.165) is 0 Å². The number of hydrogen-bond donors (Lipinski definition) is 2. The molecule has 0 amide bonds. The average Bonchev–Trinajstić information content (AvgIpc) is 2.96. The van der Waals surface area contributed by atoms with Crippen LogP contribution in [0, 0.1) is 0 Å². The molecule has 1 aliphatic rings. The quantitative estimate of drug-likeness (QED) is 0.791. The molecule has 6 nitrogen and oxygen atoms in total. The van der Waals surface area contributed by atoms with Crippen LogP contribution in [0.1, 0.15) is 11.6 Å². The number of nitrogens with zero attached hydrogens (tertiary/aromatic N) is 1. The molecule has 1 atom stereocenters. The first-order valence-corrected chi connectivity index (χ1v) is 8.05. The van der Waals surface area contributed by atoms with E-state index in [9.17, 15) is 13.5 Å². The number of benzene rings is 2. The summed E-state index contributed by atoms with van der Waals surface area (Å²) < 4.78 is 23.5. The third kappa shape index (κ3) is 3.39. The summed E-state index contributed by atoms with van der Waals surface area (Å²) >= 11 is 0. The molecule has 116 valence electrons. The minimum atomic E-state index is -3.87. The third-order valence-corrected chi connectivity index (χ3v) is 4.34. The van der Waals surface area contributed by atoms with E-state index in [1.165, 1.54) is 23.5 Å². The molecule has 23 heavy (non-hydrogen) atoms. The molecule has 2 aromatic carbocycles. The van der Waals surface area contributed by atoms with Crippen molar-refractivity contribution >= 4 is 15.7 Å². The first-order valence-electron chi connectivity index (χ1n) is 6.51. The molecule has 1 unspecified atom stereocenters. The zero-order valence-corrected chi connectivity index (χ0v) is 15.9. The Bertz CT molecular complexity index is 839. The Morgan fingerprint density at radius 3 is 2.43 bits per heavy atom. The van der Waals surface area contributed by atoms with Gasteiger partial charge in [-0.25, -0.2) is 13.6 Å². The van der Waals surface area contributed by atoms with Gasteiger partial charge in [0.15, 0.2) is 0 Å². The number of para-hydroxylation sites is 2. The Balaban J connectivity index is 0.00000192. The van der Waals surface area contributed by atoms with Gasteiger partial charge in [-0.05, 0) is 24.3 Å². The maximum atomic E-state index is 11.8. The van der Waals surface area contributed by atoms with Gasteiger partial charge >= 0.3 is 0 Å². The van der Waals surface area contributed by atoms with Crippen molar-refractivity contribution in [3.05, 3.63) is 66.4 Å². The molecule has 1 aliphatic heterocycles. The minimum absolute atomic E-state index is 0. The molecule has 0 spiro atoms. The van der Waals surface area contributed by atoms with Crippen LogP contribution in [0.5, 0.6) is 5.75 Å². The number of aromatic hydroxyl groups is 1. The van der Waals surface area contributed by atoms with E-state index in [1.54, 1.807) is 42.5 Å². The number of phenolic OH excluding ortho intramolecular Hbond substituents is 1. The van der Waals surface area contributed by atoms with Gasteiger partial charge in [-0.2, -0.15) is 5.06 Å². The van der Waals surface area contributed by atoms with Crippen molar-refractivity contribution in [2.75, 3.05) is 5.06 Å². The van der Waals surface area contributed by atoms with E-state index in [1.807, 2.05) is 0 Å². The normalized spacial score (nSPS) is 16.7. The summed E-state index contributed by atoms with van der Waals surface area (Å²) in [7, 11) is -3.87. The molecule has 2 aromatic rings. The van der Waals surface area contributed by atoms with Crippen LogP contribution in [-0.2, 0) is 34.3 Å². The summed E-state index contributed by atoms with van der Waals surface area (Å²) in [5.74, 6) is 0.0317. The molecule has 3 rings (SSSR count). The van der Waals surface area contributed by atoms with Crippen LogP contribution in [0.2, 0.25) is 0 Å². The molecule has 3 N–H and O–H groups in total. The smallest absolute Gasteiger partial charge is 0.238 e. The van der Waals surface area contributed by atoms with Crippen molar-refractivity contribution in [2.45, 2.75) is 10.9 Å². The van der Waals surface area contributed by atoms with E-state index in [2.05, 4.69) is 0 Å². The number of primary sulfonamides is 1. The molecule has 1 heterocycles. The first-order chi connectivity index (χ1) is 10.5. The zero-order chi connectivity index (χ0) is 15.7. The number of nitrogens with two attached hydrogens (primary N) is 1. The van der Waals surface area contributed by atoms with Gasteiger partial charge in [-0.3, -0.25) is 0 Å². The van der Waals surface area contributed by atoms with Crippen LogP contribution in [0.3, 0.4) is 0 Å². The summed E-state index contributed by atoms with van der Waals surface area (Å²) in [6.07, 6.45) is 3.13. The van der Waals surface area contributed by atoms with Gasteiger partial charge in [0, 0.05) is 25.0 Å². The van der Waals surface area contributed by atoms with Crippen molar-refractivity contribution in [1.82, 2.24) is 0 Å². The molecule has 8 heteroatoms. The molecule has 0 radical (unpaired) electrons. The largest absolute Gasteiger partial charge is 0.506 e. The van der Waals surface area contributed by atoms with Crippen molar-refractivity contribution in [3.63, 3.8) is 0 Å². The number of sulfonamides is 1. The molecular formula is C15H14N2O4SZn. The van der Waals surface area contributed by atoms with Gasteiger partial charge in [0.05, 0.1) is 4.90 Å². The van der Waals surface area contributed by atoms with E-state index in [0.29, 0.717) is 11.3 Å². The molecule has 0 saturated heterocycles. The third-order valence-electron chi connectivity index (χ3n) is 3.35. The fourth-order valence-corrected chi connectivity index (χ4v) is 3.18. The summed E-state index contributed by atoms with van der Waals surface area (Å²) in [6, 6.07) is 12.6. The minimum Gasteiger partial charge on any atom is -0.506 e. The fraction of sp³-hybridized carbons (Fsp3) is 0.0667. The molecular weight excluding hydrogens is 370 g/mol. The van der Waals surface area contributed by atoms with Crippen LogP contribution < -0.4 is 10.2 Å². The predicted octanol–water partition coefficient (Wildman–Crippen LogP) is 2.04. The van der Waals surface area contributed by atoms with Crippen LogP contribution in [0.15, 0.2) is 65.8 Å². The fourth-order valence-electron chi connectivity index (χ4n) is 2.39. The Morgan fingerprint density at radius 2 is 1.74 bits per heavy atom. The molecule has 0 aromatic heterocycles. The summed E-state index contributed by atoms with van der Waals surface area (Å²) in [4.78, 5) is 5.44. The van der Waals surface area contributed by atoms with Crippen molar-refractivity contribution in [3.8, 4) is 5.75 Å². The van der Waals surface area contributed by atoms with Gasteiger partial charge < -0.3 is 9.94 Å². The topological polar surface area (TPSA) is 92.9 Å². The van der Waals surface area contributed by atoms with Gasteiger partial charge in [0.25, 0.3) is 0 Å². The standard InChI is InChI=1S/C15H14N2O4S.Zn/c16-22(19,20)15-8-4-1-5-11(15)12-9-10-21-17(12)13-6-2-3-7-14(13)18;/h1-10,12,18H,(H2,16,19,20);. The maximum absolute atomic E-state index is 11.8. The van der Waals surface area contributed by atoms with Gasteiger partial charge in [0.2, 0.25) is 10.0 Å². The van der Waals surface area contributed by atoms with Crippen molar-refractivity contribution in [1.29, 1.82) is 0 Å². The second kappa shape index (κ2) is 6.70. The number of anilines is 1. The maximum Gasteiger partial charge on any atom is 0.238 e. The first kappa shape index (κ1) is 17.5. The summed E-state index contributed by atoms with van der Waals surface area (Å²) in [5.41, 5.74) is 0.906. The monoisotopic (exact) mass is 382 g/mol. The average molecular weight is 384 g/mol. The SMILES string of the molecule is NS(=O)(=O)c1ccccc1C1C=CON1c1ccccc1O.[Zn]. The molecule has 0 fully saturated rings. The summed E-state index contributed by atoms with van der Waals surface area (Å²) in [6.45, 7) is 0. The van der Waals surface area contributed by atoms with Crippen LogP contribution in [-0.4, -0.2) is 13.5 Å². The Labute approximate surface area is 146 Å². The van der Waals surface area contributed by atoms with E-state index >= 15 is 0 Å². The number of hydrogen-bond acceptors (Lipinski definition) is 5. The van der Waals surface area contributed by atoms with Crippen molar-refractivity contribution in [2.24, 2.45) is 5.14 Å². The second-order valence-corrected chi connectivity index (χ2v) is 6.31. The molecule has 0 saturated carbocycles. The molecule has 0 aliphatic carbocycles. The van der Waals surface area contributed by atoms with Gasteiger partial charge in [0.1, 0.15) is 23.7 Å². The second-order valence-electron chi connectivity index (χ2n) is 4.78. The van der Waals surface area contributed by atoms with Gasteiger partial charge in [-0.1, -0.05) is 30.3 Å². The Morgan fingerprint density at radius 1 is 1.09 bits per heavy atom. The van der Waals surface area contributed by atoms with Crippen LogP contribution in [0.25, 0.3) is 0 Å². The van der Waals surface area contributed by atoms with Crippen LogP contribution >= 0.6 is 0 Å². The predicted molar refractivity (Wildman–Crippen MR) is 81.4 cm³/mol. The van der Waals surface area contributed by atoms with Crippen molar-refractivity contribution < 1.29 is 37.8 Å². The zero-order valence-electron chi connectivity index (χ0n) is 12.2. The van der Waals surface area contributed by atoms with E-state index in [-0.39, 0.29) is 30.1 Å². The Hall–Kier alpha value is -1.89. The van der Waals surface area contributed by atoms with E-state index < -0.39 is 16.1 Å². The van der Waals surface area contributed by atoms with Gasteiger partial charge in [-0.15, -0.1) is 0 Å². The number of rotatable bonds is 3. The molecule has 0 bridgehead atoms. The summed E-state index contributed by atoms with van der Waals surface area (Å²) in [5, 5.41) is 16.7.